The zero-order chi connectivity index (χ0) is 15.6. The van der Waals surface area contributed by atoms with Crippen molar-refractivity contribution in [1.82, 2.24) is 4.98 Å². The van der Waals surface area contributed by atoms with Crippen LogP contribution in [0.5, 0.6) is 0 Å². The maximum absolute atomic E-state index is 11.5. The van der Waals surface area contributed by atoms with Gasteiger partial charge in [0.15, 0.2) is 0 Å². The minimum absolute atomic E-state index is 0.581. The molecule has 1 aromatic rings. The number of nitrogens with zero attached hydrogens (tertiary/aromatic N) is 2. The number of thiazole rings is 1. The lowest BCUT2D eigenvalue weighted by molar-refractivity contribution is 0.0608. The third-order valence-corrected chi connectivity index (χ3v) is 4.12. The maximum atomic E-state index is 11.5. The standard InChI is InChI=1S/C12H20N3O3S2/c1-11(2,3)18-10(16)15-20(13)7-8-6-14-9(19-8)12(4,5)17/h6-7,17H,1-5H3,(H2,13,15,16)/q-1. The van der Waals surface area contributed by atoms with E-state index in [-0.39, 0.29) is 0 Å². The highest BCUT2D eigenvalue weighted by molar-refractivity contribution is 7.84. The highest BCUT2D eigenvalue weighted by Crippen LogP contribution is 2.23. The van der Waals surface area contributed by atoms with Gasteiger partial charge in [-0.2, -0.15) is 0 Å². The second-order valence-corrected chi connectivity index (χ2v) is 7.84. The number of hydrogen-bond acceptors (Lipinski definition) is 6. The van der Waals surface area contributed by atoms with Crippen LogP contribution in [0.3, 0.4) is 0 Å². The Balaban J connectivity index is 2.89. The molecule has 114 valence electrons. The smallest absolute Gasteiger partial charge is 0.409 e. The fourth-order valence-electron chi connectivity index (χ4n) is 1.14. The van der Waals surface area contributed by atoms with Crippen molar-refractivity contribution in [1.29, 1.82) is 0 Å². The number of nitrogens with two attached hydrogens (primary N) is 1. The molecule has 0 unspecified atom stereocenters. The first-order chi connectivity index (χ1) is 8.97. The number of rotatable bonds is 2. The van der Waals surface area contributed by atoms with Gasteiger partial charge in [0.25, 0.3) is 0 Å². The molecule has 3 N–H and O–H groups in total. The predicted octanol–water partition coefficient (Wildman–Crippen LogP) is 2.13. The first-order valence-electron chi connectivity index (χ1n) is 5.93. The molecule has 8 heteroatoms. The SMILES string of the molecule is CC(C)(C)OC(=O)N=[S-](N)=Cc1cnc(C(C)(C)O)s1. The third-order valence-electron chi connectivity index (χ3n) is 1.86. The summed E-state index contributed by atoms with van der Waals surface area (Å²) >= 11 is 1.31. The van der Waals surface area contributed by atoms with E-state index in [0.717, 1.165) is 4.88 Å². The molecule has 0 atom stereocenters. The summed E-state index contributed by atoms with van der Waals surface area (Å²) in [7, 11) is -1.08. The monoisotopic (exact) mass is 318 g/mol. The van der Waals surface area contributed by atoms with Crippen molar-refractivity contribution in [3.8, 4) is 0 Å². The van der Waals surface area contributed by atoms with Gasteiger partial charge in [-0.3, -0.25) is 0 Å². The molecule has 1 heterocycles. The molecular weight excluding hydrogens is 298 g/mol. The van der Waals surface area contributed by atoms with Gasteiger partial charge in [0.2, 0.25) is 0 Å². The molecule has 0 spiro atoms. The number of aromatic nitrogens is 1. The Morgan fingerprint density at radius 1 is 1.50 bits per heavy atom. The molecule has 6 nitrogen and oxygen atoms in total. The molecular formula is C12H20N3O3S2-. The van der Waals surface area contributed by atoms with E-state index in [1.54, 1.807) is 46.2 Å². The molecule has 1 aromatic heterocycles. The molecule has 1 amide bonds. The number of aliphatic hydroxyl groups is 1. The van der Waals surface area contributed by atoms with Crippen molar-refractivity contribution < 1.29 is 14.6 Å². The van der Waals surface area contributed by atoms with Crippen molar-refractivity contribution in [2.75, 3.05) is 0 Å². The largest absolute Gasteiger partial charge is 0.444 e. The summed E-state index contributed by atoms with van der Waals surface area (Å²) in [6.07, 6.45) is 0.905. The van der Waals surface area contributed by atoms with Gasteiger partial charge in [0.1, 0.15) is 16.2 Å². The molecule has 0 aliphatic rings. The molecule has 0 aliphatic heterocycles. The quantitative estimate of drug-likeness (QED) is 0.643. The number of amides is 1. The fourth-order valence-corrected chi connectivity index (χ4v) is 2.87. The van der Waals surface area contributed by atoms with Crippen LogP contribution in [0.4, 0.5) is 4.79 Å². The summed E-state index contributed by atoms with van der Waals surface area (Å²) in [6.45, 7) is 8.60. The van der Waals surface area contributed by atoms with Gasteiger partial charge in [0.05, 0.1) is 0 Å². The Morgan fingerprint density at radius 2 is 2.10 bits per heavy atom. The van der Waals surface area contributed by atoms with E-state index in [4.69, 9.17) is 9.88 Å². The van der Waals surface area contributed by atoms with Crippen molar-refractivity contribution in [2.24, 2.45) is 9.50 Å². The van der Waals surface area contributed by atoms with Crippen LogP contribution in [-0.4, -0.2) is 27.2 Å². The molecule has 1 rings (SSSR count). The Kier molecular flexibility index (Phi) is 5.31. The van der Waals surface area contributed by atoms with Gasteiger partial charge < -0.3 is 29.8 Å². The minimum Gasteiger partial charge on any atom is -0.444 e. The minimum atomic E-state index is -1.08. The van der Waals surface area contributed by atoms with Crippen LogP contribution in [0.15, 0.2) is 10.6 Å². The summed E-state index contributed by atoms with van der Waals surface area (Å²) in [5.41, 5.74) is -1.59. The normalized spacial score (nSPS) is 14.6. The highest BCUT2D eigenvalue weighted by Gasteiger charge is 2.19. The van der Waals surface area contributed by atoms with Gasteiger partial charge in [-0.25, -0.2) is 9.78 Å². The Labute approximate surface area is 124 Å². The van der Waals surface area contributed by atoms with E-state index < -0.39 is 27.8 Å². The van der Waals surface area contributed by atoms with Gasteiger partial charge in [-0.1, -0.05) is 0 Å². The number of carbonyl (C=O) groups is 1. The average Bonchev–Trinajstić information content (AvgIpc) is 2.61. The second-order valence-electron chi connectivity index (χ2n) is 5.66. The van der Waals surface area contributed by atoms with Crippen LogP contribution in [0.25, 0.3) is 0 Å². The summed E-state index contributed by atoms with van der Waals surface area (Å²) in [4.78, 5) is 16.3. The lowest BCUT2D eigenvalue weighted by Crippen LogP contribution is -2.22. The van der Waals surface area contributed by atoms with Gasteiger partial charge in [-0.15, -0.1) is 16.7 Å². The van der Waals surface area contributed by atoms with E-state index in [1.165, 1.54) is 11.3 Å². The Hall–Kier alpha value is -0.960. The first-order valence-corrected chi connectivity index (χ1v) is 8.06. The molecule has 0 radical (unpaired) electrons. The zero-order valence-electron chi connectivity index (χ0n) is 12.2. The molecule has 20 heavy (non-hydrogen) atoms. The molecule has 0 saturated heterocycles. The van der Waals surface area contributed by atoms with E-state index in [9.17, 15) is 9.90 Å². The summed E-state index contributed by atoms with van der Waals surface area (Å²) in [5, 5.41) is 17.8. The fraction of sp³-hybridized carbons (Fsp3) is 0.583. The highest BCUT2D eigenvalue weighted by atomic mass is 32.2. The van der Waals surface area contributed by atoms with Gasteiger partial charge >= 0.3 is 6.09 Å². The predicted molar refractivity (Wildman–Crippen MR) is 82.7 cm³/mol. The first kappa shape index (κ1) is 17.1. The summed E-state index contributed by atoms with van der Waals surface area (Å²) in [5.74, 6) is 0. The van der Waals surface area contributed by atoms with Crippen molar-refractivity contribution >= 4 is 33.3 Å². The second kappa shape index (κ2) is 6.21. The van der Waals surface area contributed by atoms with E-state index in [1.807, 2.05) is 0 Å². The topological polar surface area (TPSA) is 97.8 Å². The van der Waals surface area contributed by atoms with Crippen molar-refractivity contribution in [2.45, 2.75) is 45.8 Å². The molecule has 0 fully saturated rings. The molecule has 0 saturated carbocycles. The average molecular weight is 318 g/mol. The van der Waals surface area contributed by atoms with Crippen LogP contribution in [0, 0.1) is 0 Å². The van der Waals surface area contributed by atoms with Gasteiger partial charge in [-0.05, 0) is 34.6 Å². The van der Waals surface area contributed by atoms with Crippen molar-refractivity contribution in [3.05, 3.63) is 16.1 Å². The number of hydrogen-bond donors (Lipinski definition) is 2. The molecule has 0 aromatic carbocycles. The van der Waals surface area contributed by atoms with Crippen LogP contribution < -0.4 is 5.14 Å². The summed E-state index contributed by atoms with van der Waals surface area (Å²) in [6, 6.07) is 0. The van der Waals surface area contributed by atoms with E-state index in [2.05, 4.69) is 9.35 Å². The summed E-state index contributed by atoms with van der Waals surface area (Å²) < 4.78 is 8.79. The molecule has 0 aliphatic carbocycles. The number of ether oxygens (including phenoxy) is 1. The van der Waals surface area contributed by atoms with E-state index in [0.29, 0.717) is 5.01 Å². The van der Waals surface area contributed by atoms with Gasteiger partial charge in [0, 0.05) is 11.1 Å². The van der Waals surface area contributed by atoms with Crippen LogP contribution in [-0.2, 0) is 20.8 Å². The third kappa shape index (κ3) is 6.00. The Morgan fingerprint density at radius 3 is 2.55 bits per heavy atom. The molecule has 0 bridgehead atoms. The zero-order valence-corrected chi connectivity index (χ0v) is 13.8. The lowest BCUT2D eigenvalue weighted by atomic mass is 10.2. The number of carbonyl (C=O) groups excluding carboxylic acids is 1. The van der Waals surface area contributed by atoms with Crippen LogP contribution in [0.1, 0.15) is 44.5 Å². The van der Waals surface area contributed by atoms with Crippen LogP contribution in [0.2, 0.25) is 0 Å². The Bertz CT molecular complexity index is 574. The van der Waals surface area contributed by atoms with E-state index >= 15 is 0 Å². The lowest BCUT2D eigenvalue weighted by Gasteiger charge is -2.18. The van der Waals surface area contributed by atoms with Crippen molar-refractivity contribution in [3.63, 3.8) is 0 Å². The maximum Gasteiger partial charge on any atom is 0.409 e. The van der Waals surface area contributed by atoms with Crippen LogP contribution >= 0.6 is 11.3 Å².